The average Bonchev–Trinajstić information content (AvgIpc) is 2.91. The largest absolute Gasteiger partial charge is 0.477 e. The lowest BCUT2D eigenvalue weighted by Gasteiger charge is -2.05. The fourth-order valence-corrected chi connectivity index (χ4v) is 2.14. The number of carbonyl (C=O) groups is 1. The summed E-state index contributed by atoms with van der Waals surface area (Å²) in [5, 5.41) is 20.6. The van der Waals surface area contributed by atoms with E-state index in [0.717, 1.165) is 0 Å². The smallest absolute Gasteiger partial charge is 0.352 e. The van der Waals surface area contributed by atoms with E-state index in [4.69, 9.17) is 9.84 Å². The van der Waals surface area contributed by atoms with Crippen molar-refractivity contribution in [3.05, 3.63) is 64.3 Å². The third-order valence-electron chi connectivity index (χ3n) is 3.09. The summed E-state index contributed by atoms with van der Waals surface area (Å²) in [5.74, 6) is -0.387. The van der Waals surface area contributed by atoms with Gasteiger partial charge in [0.05, 0.1) is 11.0 Å². The van der Waals surface area contributed by atoms with Crippen molar-refractivity contribution >= 4 is 22.6 Å². The van der Waals surface area contributed by atoms with E-state index in [0.29, 0.717) is 11.1 Å². The van der Waals surface area contributed by atoms with Crippen molar-refractivity contribution in [2.75, 3.05) is 0 Å². The molecule has 0 aliphatic heterocycles. The number of aromatic carboxylic acids is 1. The lowest BCUT2D eigenvalue weighted by atomic mass is 10.2. The van der Waals surface area contributed by atoms with Crippen molar-refractivity contribution < 1.29 is 19.6 Å². The molecular weight excluding hydrogens is 288 g/mol. The van der Waals surface area contributed by atoms with E-state index in [1.807, 2.05) is 6.07 Å². The Bertz CT molecular complexity index is 870. The zero-order valence-electron chi connectivity index (χ0n) is 11.1. The molecule has 3 aromatic rings. The molecule has 0 unspecified atom stereocenters. The lowest BCUT2D eigenvalue weighted by Crippen LogP contribution is -1.95. The van der Waals surface area contributed by atoms with Crippen LogP contribution in [0.25, 0.3) is 10.9 Å². The first kappa shape index (κ1) is 13.6. The molecule has 0 atom stereocenters. The number of fused-ring (bicyclic) bond motifs is 1. The van der Waals surface area contributed by atoms with Gasteiger partial charge in [0, 0.05) is 5.39 Å². The van der Waals surface area contributed by atoms with Gasteiger partial charge in [-0.1, -0.05) is 18.2 Å². The molecule has 2 N–H and O–H groups in total. The molecule has 110 valence electrons. The van der Waals surface area contributed by atoms with Crippen LogP contribution >= 0.6 is 0 Å². The van der Waals surface area contributed by atoms with Crippen molar-refractivity contribution in [3.8, 4) is 11.5 Å². The summed E-state index contributed by atoms with van der Waals surface area (Å²) in [4.78, 5) is 24.1. The Labute approximate surface area is 123 Å². The Morgan fingerprint density at radius 2 is 1.86 bits per heavy atom. The van der Waals surface area contributed by atoms with Gasteiger partial charge in [0.25, 0.3) is 5.69 Å². The highest BCUT2D eigenvalue weighted by atomic mass is 16.6. The number of ether oxygens (including phenoxy) is 1. The molecule has 0 saturated heterocycles. The Morgan fingerprint density at radius 1 is 1.14 bits per heavy atom. The topological polar surface area (TPSA) is 105 Å². The molecule has 0 aliphatic carbocycles. The first-order valence-corrected chi connectivity index (χ1v) is 6.32. The van der Waals surface area contributed by atoms with Crippen LogP contribution in [-0.2, 0) is 0 Å². The van der Waals surface area contributed by atoms with Crippen molar-refractivity contribution in [3.63, 3.8) is 0 Å². The Hall–Kier alpha value is -3.35. The molecular formula is C15H10N2O5. The Balaban J connectivity index is 2.12. The van der Waals surface area contributed by atoms with Gasteiger partial charge in [-0.2, -0.15) is 0 Å². The molecule has 22 heavy (non-hydrogen) atoms. The summed E-state index contributed by atoms with van der Waals surface area (Å²) in [7, 11) is 0. The molecule has 0 radical (unpaired) electrons. The highest BCUT2D eigenvalue weighted by molar-refractivity contribution is 5.97. The second-order valence-electron chi connectivity index (χ2n) is 4.57. The quantitative estimate of drug-likeness (QED) is 0.565. The zero-order chi connectivity index (χ0) is 15.7. The molecule has 0 bridgehead atoms. The van der Waals surface area contributed by atoms with Crippen LogP contribution in [0.4, 0.5) is 5.69 Å². The van der Waals surface area contributed by atoms with Crippen LogP contribution in [0.5, 0.6) is 11.5 Å². The Morgan fingerprint density at radius 3 is 2.50 bits per heavy atom. The third-order valence-corrected chi connectivity index (χ3v) is 3.09. The number of rotatable bonds is 4. The molecule has 0 amide bonds. The minimum Gasteiger partial charge on any atom is -0.477 e. The standard InChI is InChI=1S/C15H10N2O5/c18-15(19)12-7-9-6-11(22-10-4-2-1-3-5-10)8-13(17(20)21)14(9)16-12/h1-8,16H,(H,18,19). The number of hydrogen-bond donors (Lipinski definition) is 2. The maximum Gasteiger partial charge on any atom is 0.352 e. The first-order chi connectivity index (χ1) is 10.5. The van der Waals surface area contributed by atoms with E-state index >= 15 is 0 Å². The van der Waals surface area contributed by atoms with Crippen LogP contribution in [0, 0.1) is 10.1 Å². The molecule has 0 saturated carbocycles. The van der Waals surface area contributed by atoms with Crippen LogP contribution in [0.2, 0.25) is 0 Å². The summed E-state index contributed by atoms with van der Waals surface area (Å²) < 4.78 is 5.58. The fourth-order valence-electron chi connectivity index (χ4n) is 2.14. The van der Waals surface area contributed by atoms with Crippen molar-refractivity contribution in [2.24, 2.45) is 0 Å². The second kappa shape index (κ2) is 5.21. The summed E-state index contributed by atoms with van der Waals surface area (Å²) in [6, 6.07) is 13.0. The van der Waals surface area contributed by atoms with Gasteiger partial charge in [0.2, 0.25) is 0 Å². The van der Waals surface area contributed by atoms with E-state index in [1.54, 1.807) is 30.3 Å². The average molecular weight is 298 g/mol. The number of nitrogens with zero attached hydrogens (tertiary/aromatic N) is 1. The number of nitro groups is 1. The summed E-state index contributed by atoms with van der Waals surface area (Å²) in [6.45, 7) is 0. The minimum absolute atomic E-state index is 0.116. The van der Waals surface area contributed by atoms with Gasteiger partial charge < -0.3 is 14.8 Å². The van der Waals surface area contributed by atoms with Gasteiger partial charge in [-0.25, -0.2) is 4.79 Å². The number of non-ortho nitro benzene ring substituents is 1. The second-order valence-corrected chi connectivity index (χ2v) is 4.57. The van der Waals surface area contributed by atoms with Gasteiger partial charge in [0.1, 0.15) is 22.7 Å². The summed E-state index contributed by atoms with van der Waals surface area (Å²) in [6.07, 6.45) is 0. The number of carboxylic acid groups (broad SMARTS) is 1. The molecule has 1 heterocycles. The molecule has 0 aliphatic rings. The van der Waals surface area contributed by atoms with Gasteiger partial charge >= 0.3 is 5.97 Å². The predicted octanol–water partition coefficient (Wildman–Crippen LogP) is 3.57. The number of hydrogen-bond acceptors (Lipinski definition) is 4. The van der Waals surface area contributed by atoms with Gasteiger partial charge in [0.15, 0.2) is 0 Å². The van der Waals surface area contributed by atoms with Gasteiger partial charge in [-0.05, 0) is 24.3 Å². The van der Waals surface area contributed by atoms with E-state index in [-0.39, 0.29) is 22.6 Å². The fraction of sp³-hybridized carbons (Fsp3) is 0. The highest BCUT2D eigenvalue weighted by Crippen LogP contribution is 2.33. The van der Waals surface area contributed by atoms with Crippen molar-refractivity contribution in [1.82, 2.24) is 4.98 Å². The zero-order valence-corrected chi connectivity index (χ0v) is 11.1. The van der Waals surface area contributed by atoms with Crippen LogP contribution in [0.3, 0.4) is 0 Å². The first-order valence-electron chi connectivity index (χ1n) is 6.32. The van der Waals surface area contributed by atoms with E-state index in [2.05, 4.69) is 4.98 Å². The molecule has 3 rings (SSSR count). The van der Waals surface area contributed by atoms with Crippen LogP contribution in [0.1, 0.15) is 10.5 Å². The van der Waals surface area contributed by atoms with Crippen LogP contribution < -0.4 is 4.74 Å². The number of H-pyrrole nitrogens is 1. The summed E-state index contributed by atoms with van der Waals surface area (Å²) >= 11 is 0. The normalized spacial score (nSPS) is 10.5. The van der Waals surface area contributed by atoms with Crippen LogP contribution in [-0.4, -0.2) is 21.0 Å². The van der Waals surface area contributed by atoms with Gasteiger partial charge in [-0.3, -0.25) is 10.1 Å². The van der Waals surface area contributed by atoms with E-state index < -0.39 is 10.9 Å². The maximum absolute atomic E-state index is 11.2. The maximum atomic E-state index is 11.2. The third kappa shape index (κ3) is 2.47. The highest BCUT2D eigenvalue weighted by Gasteiger charge is 2.19. The van der Waals surface area contributed by atoms with Gasteiger partial charge in [-0.15, -0.1) is 0 Å². The van der Waals surface area contributed by atoms with Crippen molar-refractivity contribution in [1.29, 1.82) is 0 Å². The minimum atomic E-state index is -1.18. The predicted molar refractivity (Wildman–Crippen MR) is 78.4 cm³/mol. The molecule has 0 spiro atoms. The number of para-hydroxylation sites is 1. The Kier molecular flexibility index (Phi) is 3.23. The van der Waals surface area contributed by atoms with E-state index in [1.165, 1.54) is 12.1 Å². The summed E-state index contributed by atoms with van der Waals surface area (Å²) in [5.41, 5.74) is -0.200. The molecule has 1 aromatic heterocycles. The monoisotopic (exact) mass is 298 g/mol. The number of benzene rings is 2. The number of carboxylic acids is 1. The lowest BCUT2D eigenvalue weighted by molar-refractivity contribution is -0.383. The number of aromatic nitrogens is 1. The SMILES string of the molecule is O=C(O)c1cc2cc(Oc3ccccc3)cc([N+](=O)[O-])c2[nH]1. The van der Waals surface area contributed by atoms with Crippen LogP contribution in [0.15, 0.2) is 48.5 Å². The number of nitrogens with one attached hydrogen (secondary N) is 1. The molecule has 7 nitrogen and oxygen atoms in total. The molecule has 0 fully saturated rings. The number of nitro benzene ring substituents is 1. The number of aromatic amines is 1. The molecule has 2 aromatic carbocycles. The molecule has 7 heteroatoms. The van der Waals surface area contributed by atoms with E-state index in [9.17, 15) is 14.9 Å². The van der Waals surface area contributed by atoms with Crippen molar-refractivity contribution in [2.45, 2.75) is 0 Å².